The second-order valence-electron chi connectivity index (χ2n) is 4.72. The van der Waals surface area contributed by atoms with Gasteiger partial charge in [-0.3, -0.25) is 0 Å². The Balaban J connectivity index is 1.79. The summed E-state index contributed by atoms with van der Waals surface area (Å²) >= 11 is 0. The number of carbonyl (C=O) groups excluding carboxylic acids is 2. The van der Waals surface area contributed by atoms with Crippen LogP contribution in [0.4, 0.5) is 9.59 Å². The molecule has 0 aliphatic rings. The molecule has 0 unspecified atom stereocenters. The van der Waals surface area contributed by atoms with Gasteiger partial charge in [-0.2, -0.15) is 5.10 Å². The highest BCUT2D eigenvalue weighted by atomic mass is 16.6. The van der Waals surface area contributed by atoms with Crippen molar-refractivity contribution in [3.63, 3.8) is 0 Å². The van der Waals surface area contributed by atoms with Gasteiger partial charge in [0.25, 0.3) is 0 Å². The molecule has 0 radical (unpaired) electrons. The van der Waals surface area contributed by atoms with E-state index in [9.17, 15) is 9.59 Å². The number of ether oxygens (including phenoxy) is 1. The van der Waals surface area contributed by atoms with Crippen molar-refractivity contribution in [2.24, 2.45) is 5.10 Å². The minimum Gasteiger partial charge on any atom is -0.460 e. The molecule has 0 saturated heterocycles. The van der Waals surface area contributed by atoms with Crippen LogP contribution in [-0.2, 0) is 11.3 Å². The standard InChI is InChI=1S/C16H17N3O4/c1-12-8-9-14(23-12)10-17-18-15(20)19(2)16(21)22-11-13-6-4-3-5-7-13/h3-10H,11H2,1-2H3,(H,18,20)/b17-10-. The lowest BCUT2D eigenvalue weighted by atomic mass is 10.2. The summed E-state index contributed by atoms with van der Waals surface area (Å²) in [6.07, 6.45) is 0.573. The molecule has 0 fully saturated rings. The molecule has 0 aliphatic heterocycles. The third-order valence-corrected chi connectivity index (χ3v) is 2.90. The fraction of sp³-hybridized carbons (Fsp3) is 0.188. The third-order valence-electron chi connectivity index (χ3n) is 2.90. The first-order valence-electron chi connectivity index (χ1n) is 6.90. The summed E-state index contributed by atoms with van der Waals surface area (Å²) in [6.45, 7) is 1.89. The van der Waals surface area contributed by atoms with Crippen molar-refractivity contribution in [3.8, 4) is 0 Å². The van der Waals surface area contributed by atoms with Crippen LogP contribution in [0.1, 0.15) is 17.1 Å². The maximum atomic E-state index is 11.8. The van der Waals surface area contributed by atoms with Crippen LogP contribution in [0.15, 0.2) is 52.0 Å². The number of aryl methyl sites for hydroxylation is 1. The molecule has 1 aromatic heterocycles. The van der Waals surface area contributed by atoms with E-state index in [4.69, 9.17) is 9.15 Å². The number of hydrogen-bond acceptors (Lipinski definition) is 5. The molecule has 0 saturated carbocycles. The van der Waals surface area contributed by atoms with Crippen molar-refractivity contribution in [1.29, 1.82) is 0 Å². The van der Waals surface area contributed by atoms with Crippen molar-refractivity contribution in [3.05, 3.63) is 59.5 Å². The number of hydrazone groups is 1. The Morgan fingerprint density at radius 1 is 1.26 bits per heavy atom. The number of nitrogens with one attached hydrogen (secondary N) is 1. The molecule has 2 rings (SSSR count). The third kappa shape index (κ3) is 4.99. The molecule has 1 heterocycles. The van der Waals surface area contributed by atoms with Crippen LogP contribution in [0.3, 0.4) is 0 Å². The second-order valence-corrected chi connectivity index (χ2v) is 4.72. The maximum Gasteiger partial charge on any atom is 0.418 e. The van der Waals surface area contributed by atoms with Gasteiger partial charge in [0.2, 0.25) is 0 Å². The summed E-state index contributed by atoms with van der Waals surface area (Å²) in [7, 11) is 1.30. The molecule has 23 heavy (non-hydrogen) atoms. The molecule has 0 aliphatic carbocycles. The van der Waals surface area contributed by atoms with Gasteiger partial charge in [0.1, 0.15) is 18.1 Å². The first kappa shape index (κ1) is 16.3. The highest BCUT2D eigenvalue weighted by Gasteiger charge is 2.17. The summed E-state index contributed by atoms with van der Waals surface area (Å²) in [6, 6.07) is 12.0. The lowest BCUT2D eigenvalue weighted by molar-refractivity contribution is 0.111. The van der Waals surface area contributed by atoms with Gasteiger partial charge in [-0.05, 0) is 24.6 Å². The number of furan rings is 1. The van der Waals surface area contributed by atoms with Gasteiger partial charge >= 0.3 is 12.1 Å². The Hall–Kier alpha value is -3.09. The van der Waals surface area contributed by atoms with Gasteiger partial charge in [-0.15, -0.1) is 0 Å². The SMILES string of the molecule is Cc1ccc(/C=N\NC(=O)N(C)C(=O)OCc2ccccc2)o1. The van der Waals surface area contributed by atoms with Crippen LogP contribution in [-0.4, -0.2) is 30.3 Å². The topological polar surface area (TPSA) is 84.1 Å². The fourth-order valence-corrected chi connectivity index (χ4v) is 1.65. The van der Waals surface area contributed by atoms with Gasteiger partial charge in [-0.1, -0.05) is 30.3 Å². The van der Waals surface area contributed by atoms with Gasteiger partial charge < -0.3 is 9.15 Å². The number of imide groups is 1. The van der Waals surface area contributed by atoms with E-state index in [0.717, 1.165) is 16.2 Å². The largest absolute Gasteiger partial charge is 0.460 e. The van der Waals surface area contributed by atoms with E-state index in [0.29, 0.717) is 5.76 Å². The number of amides is 3. The van der Waals surface area contributed by atoms with Crippen LogP contribution in [0, 0.1) is 6.92 Å². The predicted octanol–water partition coefficient (Wildman–Crippen LogP) is 2.90. The zero-order valence-corrected chi connectivity index (χ0v) is 12.9. The number of carbonyl (C=O) groups is 2. The van der Waals surface area contributed by atoms with Crippen molar-refractivity contribution in [2.75, 3.05) is 7.05 Å². The van der Waals surface area contributed by atoms with Crippen LogP contribution in [0.25, 0.3) is 0 Å². The monoisotopic (exact) mass is 315 g/mol. The normalized spacial score (nSPS) is 10.5. The summed E-state index contributed by atoms with van der Waals surface area (Å²) in [5.74, 6) is 1.23. The molecular formula is C16H17N3O4. The minimum atomic E-state index is -0.768. The van der Waals surface area contributed by atoms with Gasteiger partial charge in [0, 0.05) is 7.05 Å². The van der Waals surface area contributed by atoms with Crippen LogP contribution < -0.4 is 5.43 Å². The van der Waals surface area contributed by atoms with Gasteiger partial charge in [0.05, 0.1) is 6.21 Å². The fourth-order valence-electron chi connectivity index (χ4n) is 1.65. The molecule has 120 valence electrons. The molecule has 1 aromatic carbocycles. The van der Waals surface area contributed by atoms with Gasteiger partial charge in [0.15, 0.2) is 0 Å². The summed E-state index contributed by atoms with van der Waals surface area (Å²) in [5, 5.41) is 3.71. The number of nitrogens with zero attached hydrogens (tertiary/aromatic N) is 2. The number of hydrogen-bond donors (Lipinski definition) is 1. The molecule has 1 N–H and O–H groups in total. The van der Waals surface area contributed by atoms with Gasteiger partial charge in [-0.25, -0.2) is 19.9 Å². The zero-order chi connectivity index (χ0) is 16.7. The highest BCUT2D eigenvalue weighted by molar-refractivity contribution is 5.91. The first-order valence-corrected chi connectivity index (χ1v) is 6.90. The lowest BCUT2D eigenvalue weighted by Gasteiger charge is -2.14. The van der Waals surface area contributed by atoms with Crippen LogP contribution in [0.2, 0.25) is 0 Å². The molecule has 0 bridgehead atoms. The Labute approximate surface area is 133 Å². The van der Waals surface area contributed by atoms with E-state index >= 15 is 0 Å². The van der Waals surface area contributed by atoms with E-state index in [2.05, 4.69) is 10.5 Å². The van der Waals surface area contributed by atoms with E-state index in [-0.39, 0.29) is 6.61 Å². The van der Waals surface area contributed by atoms with E-state index in [1.165, 1.54) is 13.3 Å². The number of urea groups is 1. The van der Waals surface area contributed by atoms with Crippen molar-refractivity contribution in [2.45, 2.75) is 13.5 Å². The van der Waals surface area contributed by atoms with E-state index in [1.54, 1.807) is 19.1 Å². The average Bonchev–Trinajstić information content (AvgIpc) is 2.98. The molecule has 0 atom stereocenters. The smallest absolute Gasteiger partial charge is 0.418 e. The quantitative estimate of drug-likeness (QED) is 0.694. The molecule has 7 heteroatoms. The number of rotatable bonds is 4. The average molecular weight is 315 g/mol. The molecule has 7 nitrogen and oxygen atoms in total. The molecule has 0 spiro atoms. The van der Waals surface area contributed by atoms with Crippen molar-refractivity contribution >= 4 is 18.3 Å². The Bertz CT molecular complexity index is 694. The van der Waals surface area contributed by atoms with Crippen LogP contribution >= 0.6 is 0 Å². The Morgan fingerprint density at radius 3 is 2.65 bits per heavy atom. The van der Waals surface area contributed by atoms with Crippen molar-refractivity contribution in [1.82, 2.24) is 10.3 Å². The Kier molecular flexibility index (Phi) is 5.51. The first-order chi connectivity index (χ1) is 11.1. The molecule has 2 aromatic rings. The van der Waals surface area contributed by atoms with E-state index < -0.39 is 12.1 Å². The van der Waals surface area contributed by atoms with Crippen molar-refractivity contribution < 1.29 is 18.7 Å². The highest BCUT2D eigenvalue weighted by Crippen LogP contribution is 2.04. The second kappa shape index (κ2) is 7.79. The minimum absolute atomic E-state index is 0.0895. The lowest BCUT2D eigenvalue weighted by Crippen LogP contribution is -2.39. The Morgan fingerprint density at radius 2 is 2.00 bits per heavy atom. The zero-order valence-electron chi connectivity index (χ0n) is 12.9. The summed E-state index contributed by atoms with van der Waals surface area (Å²) in [4.78, 5) is 24.3. The number of benzene rings is 1. The maximum absolute atomic E-state index is 11.8. The summed E-state index contributed by atoms with van der Waals surface area (Å²) in [5.41, 5.74) is 3.05. The molecule has 3 amide bonds. The van der Waals surface area contributed by atoms with E-state index in [1.807, 2.05) is 30.3 Å². The van der Waals surface area contributed by atoms with Crippen LogP contribution in [0.5, 0.6) is 0 Å². The predicted molar refractivity (Wildman–Crippen MR) is 84.0 cm³/mol. The summed E-state index contributed by atoms with van der Waals surface area (Å²) < 4.78 is 10.3. The molecular weight excluding hydrogens is 298 g/mol.